The summed E-state index contributed by atoms with van der Waals surface area (Å²) >= 11 is 0. The highest BCUT2D eigenvalue weighted by atomic mass is 16.2. The van der Waals surface area contributed by atoms with E-state index in [0.717, 1.165) is 50.1 Å². The third kappa shape index (κ3) is 4.08. The predicted molar refractivity (Wildman–Crippen MR) is 109 cm³/mol. The molecule has 1 saturated heterocycles. The fourth-order valence-corrected chi connectivity index (χ4v) is 4.14. The largest absolute Gasteiger partial charge is 0.368 e. The number of fused-ring (bicyclic) bond motifs is 1. The van der Waals surface area contributed by atoms with Crippen molar-refractivity contribution in [3.8, 4) is 0 Å². The number of benzene rings is 2. The minimum atomic E-state index is -0.260. The zero-order chi connectivity index (χ0) is 19.5. The Morgan fingerprint density at radius 2 is 2.07 bits per heavy atom. The molecule has 2 amide bonds. The van der Waals surface area contributed by atoms with Crippen LogP contribution in [0.2, 0.25) is 0 Å². The molecular formula is C22H26N4O2. The summed E-state index contributed by atoms with van der Waals surface area (Å²) in [6, 6.07) is 13.5. The molecule has 1 fully saturated rings. The van der Waals surface area contributed by atoms with Crippen molar-refractivity contribution in [3.05, 3.63) is 64.7 Å². The summed E-state index contributed by atoms with van der Waals surface area (Å²) in [4.78, 5) is 26.4. The van der Waals surface area contributed by atoms with Crippen molar-refractivity contribution in [1.29, 1.82) is 0 Å². The highest BCUT2D eigenvalue weighted by Crippen LogP contribution is 2.22. The van der Waals surface area contributed by atoms with E-state index in [4.69, 9.17) is 5.73 Å². The first-order chi connectivity index (χ1) is 13.6. The van der Waals surface area contributed by atoms with Crippen LogP contribution in [0.15, 0.2) is 42.5 Å². The minimum Gasteiger partial charge on any atom is -0.368 e. The van der Waals surface area contributed by atoms with Crippen LogP contribution in [0.25, 0.3) is 0 Å². The van der Waals surface area contributed by atoms with Crippen molar-refractivity contribution in [2.24, 2.45) is 5.73 Å². The van der Waals surface area contributed by atoms with Crippen molar-refractivity contribution < 1.29 is 9.59 Å². The van der Waals surface area contributed by atoms with E-state index in [0.29, 0.717) is 12.1 Å². The summed E-state index contributed by atoms with van der Waals surface area (Å²) in [5.41, 5.74) is 10.5. The van der Waals surface area contributed by atoms with Gasteiger partial charge in [-0.25, -0.2) is 0 Å². The van der Waals surface area contributed by atoms with Gasteiger partial charge in [0.25, 0.3) is 5.91 Å². The number of primary amides is 1. The van der Waals surface area contributed by atoms with Gasteiger partial charge in [-0.2, -0.15) is 0 Å². The van der Waals surface area contributed by atoms with E-state index in [2.05, 4.69) is 15.5 Å². The Labute approximate surface area is 165 Å². The fourth-order valence-electron chi connectivity index (χ4n) is 4.14. The summed E-state index contributed by atoms with van der Waals surface area (Å²) in [5, 5.41) is 6.34. The van der Waals surface area contributed by atoms with E-state index < -0.39 is 0 Å². The van der Waals surface area contributed by atoms with Gasteiger partial charge in [-0.3, -0.25) is 14.5 Å². The van der Waals surface area contributed by atoms with Crippen molar-refractivity contribution in [1.82, 2.24) is 10.2 Å². The van der Waals surface area contributed by atoms with E-state index in [9.17, 15) is 9.59 Å². The van der Waals surface area contributed by atoms with Crippen molar-refractivity contribution >= 4 is 17.5 Å². The molecule has 0 bridgehead atoms. The molecule has 1 atom stereocenters. The summed E-state index contributed by atoms with van der Waals surface area (Å²) in [5.74, 6) is -0.362. The second-order valence-corrected chi connectivity index (χ2v) is 7.60. The number of carbonyl (C=O) groups is 2. The topological polar surface area (TPSA) is 87.5 Å². The molecule has 2 aliphatic rings. The fraction of sp³-hybridized carbons (Fsp3) is 0.364. The minimum absolute atomic E-state index is 0.102. The van der Waals surface area contributed by atoms with Gasteiger partial charge in [-0.1, -0.05) is 18.2 Å². The van der Waals surface area contributed by atoms with Crippen LogP contribution >= 0.6 is 0 Å². The molecule has 0 aliphatic carbocycles. The maximum absolute atomic E-state index is 12.7. The Hall–Kier alpha value is -2.70. The molecule has 2 heterocycles. The number of hydrogen-bond donors (Lipinski definition) is 3. The second-order valence-electron chi connectivity index (χ2n) is 7.60. The molecule has 146 valence electrons. The highest BCUT2D eigenvalue weighted by Gasteiger charge is 2.28. The van der Waals surface area contributed by atoms with E-state index >= 15 is 0 Å². The zero-order valence-electron chi connectivity index (χ0n) is 15.9. The average molecular weight is 378 g/mol. The lowest BCUT2D eigenvalue weighted by atomic mass is 9.98. The molecule has 28 heavy (non-hydrogen) atoms. The SMILES string of the molecule is NC(=O)C1CCCN1Cc1cccc(NC(=O)c2ccc3c(c2)CCNC3)c1. The predicted octanol–water partition coefficient (Wildman–Crippen LogP) is 2.03. The standard InChI is InChI=1S/C22H26N4O2/c23-21(27)20-5-2-10-26(20)14-15-3-1-4-19(11-15)25-22(28)17-6-7-18-13-24-9-8-16(18)12-17/h1,3-4,6-7,11-12,20,24H,2,5,8-10,13-14H2,(H2,23,27)(H,25,28). The summed E-state index contributed by atoms with van der Waals surface area (Å²) in [6.45, 7) is 3.34. The Kier molecular flexibility index (Phi) is 5.41. The normalized spacial score (nSPS) is 19.2. The van der Waals surface area contributed by atoms with Crippen LogP contribution in [-0.2, 0) is 24.3 Å². The number of hydrogen-bond acceptors (Lipinski definition) is 4. The van der Waals surface area contributed by atoms with Gasteiger partial charge in [0.05, 0.1) is 6.04 Å². The van der Waals surface area contributed by atoms with Crippen LogP contribution in [0, 0.1) is 0 Å². The van der Waals surface area contributed by atoms with Gasteiger partial charge in [0.2, 0.25) is 5.91 Å². The summed E-state index contributed by atoms with van der Waals surface area (Å²) in [7, 11) is 0. The monoisotopic (exact) mass is 378 g/mol. The van der Waals surface area contributed by atoms with Gasteiger partial charge < -0.3 is 16.4 Å². The highest BCUT2D eigenvalue weighted by molar-refractivity contribution is 6.04. The van der Waals surface area contributed by atoms with Gasteiger partial charge in [0, 0.05) is 24.3 Å². The summed E-state index contributed by atoms with van der Waals surface area (Å²) < 4.78 is 0. The zero-order valence-corrected chi connectivity index (χ0v) is 15.9. The number of amides is 2. The smallest absolute Gasteiger partial charge is 0.255 e. The first kappa shape index (κ1) is 18.7. The van der Waals surface area contributed by atoms with E-state index in [1.807, 2.05) is 42.5 Å². The van der Waals surface area contributed by atoms with E-state index in [-0.39, 0.29) is 17.9 Å². The molecule has 0 saturated carbocycles. The van der Waals surface area contributed by atoms with E-state index in [1.54, 1.807) is 0 Å². The van der Waals surface area contributed by atoms with Gasteiger partial charge in [-0.05, 0) is 73.3 Å². The molecular weight excluding hydrogens is 352 g/mol. The molecule has 6 nitrogen and oxygen atoms in total. The Morgan fingerprint density at radius 3 is 2.93 bits per heavy atom. The number of rotatable bonds is 5. The molecule has 2 aliphatic heterocycles. The molecule has 2 aromatic rings. The first-order valence-corrected chi connectivity index (χ1v) is 9.86. The molecule has 0 spiro atoms. The van der Waals surface area contributed by atoms with Gasteiger partial charge in [-0.15, -0.1) is 0 Å². The molecule has 1 unspecified atom stereocenters. The second kappa shape index (κ2) is 8.12. The molecule has 4 N–H and O–H groups in total. The number of carbonyl (C=O) groups excluding carboxylic acids is 2. The number of nitrogens with zero attached hydrogens (tertiary/aromatic N) is 1. The van der Waals surface area contributed by atoms with Crippen molar-refractivity contribution in [2.75, 3.05) is 18.4 Å². The number of nitrogens with one attached hydrogen (secondary N) is 2. The van der Waals surface area contributed by atoms with Gasteiger partial charge in [0.15, 0.2) is 0 Å². The van der Waals surface area contributed by atoms with E-state index in [1.165, 1.54) is 11.1 Å². The molecule has 2 aromatic carbocycles. The lowest BCUT2D eigenvalue weighted by Crippen LogP contribution is -2.39. The molecule has 0 radical (unpaired) electrons. The van der Waals surface area contributed by atoms with Crippen LogP contribution in [0.3, 0.4) is 0 Å². The number of nitrogens with two attached hydrogens (primary N) is 1. The Morgan fingerprint density at radius 1 is 1.18 bits per heavy atom. The molecule has 4 rings (SSSR count). The lowest BCUT2D eigenvalue weighted by Gasteiger charge is -2.22. The number of likely N-dealkylation sites (tertiary alicyclic amines) is 1. The van der Waals surface area contributed by atoms with Crippen LogP contribution in [0.4, 0.5) is 5.69 Å². The number of anilines is 1. The van der Waals surface area contributed by atoms with Crippen LogP contribution in [0.5, 0.6) is 0 Å². The maximum atomic E-state index is 12.7. The Bertz CT molecular complexity index is 896. The first-order valence-electron chi connectivity index (χ1n) is 9.86. The van der Waals surface area contributed by atoms with Gasteiger partial charge in [0.1, 0.15) is 0 Å². The van der Waals surface area contributed by atoms with Crippen LogP contribution in [0.1, 0.15) is 39.9 Å². The lowest BCUT2D eigenvalue weighted by molar-refractivity contribution is -0.122. The average Bonchev–Trinajstić information content (AvgIpc) is 3.16. The summed E-state index contributed by atoms with van der Waals surface area (Å²) in [6.07, 6.45) is 2.75. The van der Waals surface area contributed by atoms with Crippen LogP contribution in [-0.4, -0.2) is 35.8 Å². The van der Waals surface area contributed by atoms with Gasteiger partial charge >= 0.3 is 0 Å². The maximum Gasteiger partial charge on any atom is 0.255 e. The third-order valence-corrected chi connectivity index (χ3v) is 5.62. The molecule has 6 heteroatoms. The van der Waals surface area contributed by atoms with Crippen LogP contribution < -0.4 is 16.4 Å². The molecule has 0 aromatic heterocycles. The quantitative estimate of drug-likeness (QED) is 0.743. The van der Waals surface area contributed by atoms with Crippen molar-refractivity contribution in [2.45, 2.75) is 38.4 Å². The third-order valence-electron chi connectivity index (χ3n) is 5.62. The Balaban J connectivity index is 1.44. The van der Waals surface area contributed by atoms with Crippen molar-refractivity contribution in [3.63, 3.8) is 0 Å².